The third-order valence-electron chi connectivity index (χ3n) is 3.72. The number of alkyl halides is 3. The molecule has 5 nitrogen and oxygen atoms in total. The molecule has 0 bridgehead atoms. The Bertz CT molecular complexity index is 933. The Morgan fingerprint density at radius 3 is 2.88 bits per heavy atom. The predicted octanol–water partition coefficient (Wildman–Crippen LogP) is 3.85. The van der Waals surface area contributed by atoms with Crippen LogP contribution in [0.1, 0.15) is 23.0 Å². The van der Waals surface area contributed by atoms with E-state index in [-0.39, 0.29) is 11.9 Å². The third-order valence-corrected chi connectivity index (χ3v) is 4.56. The molecule has 0 radical (unpaired) electrons. The third kappa shape index (κ3) is 3.73. The summed E-state index contributed by atoms with van der Waals surface area (Å²) in [7, 11) is 1.54. The van der Waals surface area contributed by atoms with Crippen molar-refractivity contribution in [3.63, 3.8) is 0 Å². The van der Waals surface area contributed by atoms with Crippen molar-refractivity contribution in [1.82, 2.24) is 14.7 Å². The number of thiazole rings is 1. The number of imidazole rings is 1. The highest BCUT2D eigenvalue weighted by atomic mass is 32.1. The molecule has 2 heterocycles. The highest BCUT2D eigenvalue weighted by molar-refractivity contribution is 7.15. The van der Waals surface area contributed by atoms with Gasteiger partial charge in [0, 0.05) is 30.3 Å². The summed E-state index contributed by atoms with van der Waals surface area (Å²) >= 11 is 1.25. The number of methoxy groups -OCH3 is 1. The van der Waals surface area contributed by atoms with Gasteiger partial charge in [-0.05, 0) is 19.1 Å². The molecule has 1 amide bonds. The number of hydrogen-bond acceptors (Lipinski definition) is 4. The quantitative estimate of drug-likeness (QED) is 0.728. The van der Waals surface area contributed by atoms with Gasteiger partial charge in [-0.2, -0.15) is 13.2 Å². The zero-order valence-corrected chi connectivity index (χ0v) is 14.8. The number of benzene rings is 1. The fourth-order valence-corrected chi connectivity index (χ4v) is 3.38. The van der Waals surface area contributed by atoms with Gasteiger partial charge in [0.25, 0.3) is 5.91 Å². The summed E-state index contributed by atoms with van der Waals surface area (Å²) in [5, 5.41) is 4.46. The van der Waals surface area contributed by atoms with Gasteiger partial charge in [0.2, 0.25) is 0 Å². The molecule has 0 fully saturated rings. The summed E-state index contributed by atoms with van der Waals surface area (Å²) in [6.45, 7) is 2.19. The average molecular weight is 383 g/mol. The van der Waals surface area contributed by atoms with E-state index in [0.29, 0.717) is 28.5 Å². The molecule has 26 heavy (non-hydrogen) atoms. The second-order valence-electron chi connectivity index (χ2n) is 5.81. The summed E-state index contributed by atoms with van der Waals surface area (Å²) in [5.74, 6) is -0.297. The molecule has 138 valence electrons. The average Bonchev–Trinajstić information content (AvgIpc) is 3.14. The molecule has 1 aromatic carbocycles. The first-order valence-corrected chi connectivity index (χ1v) is 8.61. The van der Waals surface area contributed by atoms with Gasteiger partial charge in [0.1, 0.15) is 5.69 Å². The zero-order valence-electron chi connectivity index (χ0n) is 14.0. The Balaban J connectivity index is 1.92. The molecule has 3 aromatic rings. The topological polar surface area (TPSA) is 55.6 Å². The summed E-state index contributed by atoms with van der Waals surface area (Å²) in [6.07, 6.45) is -2.85. The SMILES string of the molecule is COCC(C)NC(=O)c1csc2nc(-c3cccc(C(F)(F)F)c3)cn12. The monoisotopic (exact) mass is 383 g/mol. The summed E-state index contributed by atoms with van der Waals surface area (Å²) in [4.78, 5) is 17.2. The van der Waals surface area contributed by atoms with Crippen molar-refractivity contribution in [2.45, 2.75) is 19.1 Å². The first-order valence-electron chi connectivity index (χ1n) is 7.73. The molecule has 1 N–H and O–H groups in total. The van der Waals surface area contributed by atoms with E-state index in [1.807, 2.05) is 6.92 Å². The van der Waals surface area contributed by atoms with Crippen molar-refractivity contribution in [3.8, 4) is 11.3 Å². The van der Waals surface area contributed by atoms with Crippen molar-refractivity contribution in [1.29, 1.82) is 0 Å². The highest BCUT2D eigenvalue weighted by Gasteiger charge is 2.30. The van der Waals surface area contributed by atoms with Gasteiger partial charge in [-0.1, -0.05) is 12.1 Å². The van der Waals surface area contributed by atoms with Crippen molar-refractivity contribution >= 4 is 22.2 Å². The molecular weight excluding hydrogens is 367 g/mol. The van der Waals surface area contributed by atoms with Crippen LogP contribution in [-0.4, -0.2) is 35.1 Å². The number of aromatic nitrogens is 2. The Kier molecular flexibility index (Phi) is 5.01. The van der Waals surface area contributed by atoms with Gasteiger partial charge >= 0.3 is 6.18 Å². The second-order valence-corrected chi connectivity index (χ2v) is 6.64. The van der Waals surface area contributed by atoms with E-state index in [0.717, 1.165) is 12.1 Å². The van der Waals surface area contributed by atoms with E-state index in [2.05, 4.69) is 10.3 Å². The van der Waals surface area contributed by atoms with Crippen LogP contribution >= 0.6 is 11.3 Å². The van der Waals surface area contributed by atoms with Crippen LogP contribution in [0.25, 0.3) is 16.2 Å². The van der Waals surface area contributed by atoms with Gasteiger partial charge in [-0.3, -0.25) is 9.20 Å². The van der Waals surface area contributed by atoms with Gasteiger partial charge in [-0.15, -0.1) is 11.3 Å². The maximum atomic E-state index is 12.9. The van der Waals surface area contributed by atoms with E-state index in [9.17, 15) is 18.0 Å². The van der Waals surface area contributed by atoms with E-state index in [4.69, 9.17) is 4.74 Å². The molecule has 0 spiro atoms. The standard InChI is InChI=1S/C17H16F3N3O2S/c1-10(8-25-2)21-15(24)14-9-26-16-22-13(7-23(14)16)11-4-3-5-12(6-11)17(18,19)20/h3-7,9-10H,8H2,1-2H3,(H,21,24). The number of halogens is 3. The number of ether oxygens (including phenoxy) is 1. The lowest BCUT2D eigenvalue weighted by Gasteiger charge is -2.11. The molecule has 0 aliphatic carbocycles. The van der Waals surface area contributed by atoms with Crippen LogP contribution in [0.3, 0.4) is 0 Å². The number of fused-ring (bicyclic) bond motifs is 1. The Labute approximate surface area is 151 Å². The Hall–Kier alpha value is -2.39. The smallest absolute Gasteiger partial charge is 0.383 e. The molecule has 0 aliphatic rings. The number of nitrogens with one attached hydrogen (secondary N) is 1. The van der Waals surface area contributed by atoms with Crippen molar-refractivity contribution in [2.24, 2.45) is 0 Å². The molecular formula is C17H16F3N3O2S. The summed E-state index contributed by atoms with van der Waals surface area (Å²) in [5.41, 5.74) is 0.355. The number of nitrogens with zero attached hydrogens (tertiary/aromatic N) is 2. The molecule has 0 saturated carbocycles. The van der Waals surface area contributed by atoms with Crippen LogP contribution in [0, 0.1) is 0 Å². The van der Waals surface area contributed by atoms with Gasteiger partial charge in [-0.25, -0.2) is 4.98 Å². The van der Waals surface area contributed by atoms with Crippen LogP contribution in [-0.2, 0) is 10.9 Å². The Morgan fingerprint density at radius 1 is 1.42 bits per heavy atom. The predicted molar refractivity (Wildman–Crippen MR) is 92.3 cm³/mol. The first-order chi connectivity index (χ1) is 12.3. The molecule has 3 rings (SSSR count). The normalized spacial score (nSPS) is 13.1. The molecule has 1 unspecified atom stereocenters. The van der Waals surface area contributed by atoms with Gasteiger partial charge < -0.3 is 10.1 Å². The van der Waals surface area contributed by atoms with Crippen molar-refractivity contribution < 1.29 is 22.7 Å². The van der Waals surface area contributed by atoms with Crippen LogP contribution in [0.2, 0.25) is 0 Å². The lowest BCUT2D eigenvalue weighted by atomic mass is 10.1. The summed E-state index contributed by atoms with van der Waals surface area (Å²) in [6, 6.07) is 4.78. The van der Waals surface area contributed by atoms with Crippen LogP contribution in [0.4, 0.5) is 13.2 Å². The number of carbonyl (C=O) groups is 1. The van der Waals surface area contributed by atoms with Gasteiger partial charge in [0.15, 0.2) is 4.96 Å². The van der Waals surface area contributed by atoms with Gasteiger partial charge in [0.05, 0.1) is 17.9 Å². The highest BCUT2D eigenvalue weighted by Crippen LogP contribution is 2.32. The summed E-state index contributed by atoms with van der Waals surface area (Å²) < 4.78 is 45.3. The fourth-order valence-electron chi connectivity index (χ4n) is 2.53. The van der Waals surface area contributed by atoms with Crippen LogP contribution in [0.15, 0.2) is 35.8 Å². The fraction of sp³-hybridized carbons (Fsp3) is 0.294. The van der Waals surface area contributed by atoms with E-state index < -0.39 is 11.7 Å². The second kappa shape index (κ2) is 7.08. The van der Waals surface area contributed by atoms with E-state index in [1.165, 1.54) is 17.4 Å². The van der Waals surface area contributed by atoms with E-state index >= 15 is 0 Å². The van der Waals surface area contributed by atoms with Crippen LogP contribution < -0.4 is 5.32 Å². The molecule has 1 atom stereocenters. The zero-order chi connectivity index (χ0) is 18.9. The molecule has 2 aromatic heterocycles. The number of carbonyl (C=O) groups excluding carboxylic acids is 1. The number of rotatable bonds is 5. The minimum Gasteiger partial charge on any atom is -0.383 e. The lowest BCUT2D eigenvalue weighted by Crippen LogP contribution is -2.36. The maximum Gasteiger partial charge on any atom is 0.416 e. The largest absolute Gasteiger partial charge is 0.416 e. The Morgan fingerprint density at radius 2 is 2.19 bits per heavy atom. The molecule has 0 saturated heterocycles. The molecule has 0 aliphatic heterocycles. The lowest BCUT2D eigenvalue weighted by molar-refractivity contribution is -0.137. The molecule has 9 heteroatoms. The minimum atomic E-state index is -4.42. The van der Waals surface area contributed by atoms with E-state index in [1.54, 1.807) is 29.2 Å². The number of amides is 1. The van der Waals surface area contributed by atoms with Crippen molar-refractivity contribution in [3.05, 3.63) is 47.1 Å². The maximum absolute atomic E-state index is 12.9. The minimum absolute atomic E-state index is 0.172. The van der Waals surface area contributed by atoms with Crippen LogP contribution in [0.5, 0.6) is 0 Å². The first kappa shape index (κ1) is 18.4. The number of hydrogen-bond donors (Lipinski definition) is 1. The van der Waals surface area contributed by atoms with Crippen molar-refractivity contribution in [2.75, 3.05) is 13.7 Å².